The molecule has 0 saturated heterocycles. The van der Waals surface area contributed by atoms with Gasteiger partial charge in [-0.15, -0.1) is 0 Å². The first-order valence-electron chi connectivity index (χ1n) is 24.0. The molecule has 0 saturated carbocycles. The summed E-state index contributed by atoms with van der Waals surface area (Å²) in [7, 11) is -4.63. The fourth-order valence-corrected chi connectivity index (χ4v) is 7.05. The van der Waals surface area contributed by atoms with Crippen molar-refractivity contribution in [1.82, 2.24) is 0 Å². The van der Waals surface area contributed by atoms with Gasteiger partial charge in [0.1, 0.15) is 12.1 Å². The molecule has 4 N–H and O–H groups in total. The van der Waals surface area contributed by atoms with E-state index in [0.29, 0.717) is 13.0 Å². The number of phosphoric ester groups is 1. The number of carbonyl (C=O) groups excluding carboxylic acids is 1. The topological polar surface area (TPSA) is 155 Å². The maximum absolute atomic E-state index is 12.7. The second-order valence-electron chi connectivity index (χ2n) is 15.9. The van der Waals surface area contributed by atoms with E-state index in [2.05, 4.69) is 86.8 Å². The Balaban J connectivity index is 4.22. The molecule has 0 fully saturated rings. The fraction of sp³-hybridized carbons (Fsp3) is 0.720. The van der Waals surface area contributed by atoms with E-state index in [1.807, 2.05) is 0 Å². The molecule has 0 aliphatic rings. The van der Waals surface area contributed by atoms with Gasteiger partial charge in [0.25, 0.3) is 0 Å². The molecule has 0 aromatic heterocycles. The fourth-order valence-electron chi connectivity index (χ4n) is 6.27. The van der Waals surface area contributed by atoms with E-state index in [1.54, 1.807) is 0 Å². The average molecular weight is 878 g/mol. The minimum Gasteiger partial charge on any atom is -0.480 e. The lowest BCUT2D eigenvalue weighted by atomic mass is 10.1. The lowest BCUT2D eigenvalue weighted by Crippen LogP contribution is -2.34. The number of ether oxygens (including phenoxy) is 2. The molecule has 0 heterocycles. The van der Waals surface area contributed by atoms with Crippen LogP contribution in [0.3, 0.4) is 0 Å². The van der Waals surface area contributed by atoms with Crippen molar-refractivity contribution < 1.29 is 42.7 Å². The van der Waals surface area contributed by atoms with Crippen LogP contribution in [0.4, 0.5) is 0 Å². The molecule has 3 unspecified atom stereocenters. The van der Waals surface area contributed by atoms with Gasteiger partial charge in [0.2, 0.25) is 0 Å². The van der Waals surface area contributed by atoms with Crippen LogP contribution in [-0.2, 0) is 32.7 Å². The maximum Gasteiger partial charge on any atom is 0.472 e. The van der Waals surface area contributed by atoms with Gasteiger partial charge in [-0.3, -0.25) is 18.6 Å². The summed E-state index contributed by atoms with van der Waals surface area (Å²) in [6, 6.07) is -1.48. The summed E-state index contributed by atoms with van der Waals surface area (Å²) >= 11 is 0. The number of phosphoric acid groups is 1. The van der Waals surface area contributed by atoms with Crippen molar-refractivity contribution >= 4 is 19.8 Å². The maximum atomic E-state index is 12.7. The molecule has 352 valence electrons. The van der Waals surface area contributed by atoms with E-state index in [4.69, 9.17) is 29.4 Å². The van der Waals surface area contributed by atoms with E-state index >= 15 is 0 Å². The number of unbranched alkanes of at least 4 members (excludes halogenated alkanes) is 19. The Kier molecular flexibility index (Phi) is 43.5. The summed E-state index contributed by atoms with van der Waals surface area (Å²) in [6.45, 7) is 3.72. The molecule has 0 radical (unpaired) electrons. The van der Waals surface area contributed by atoms with Crippen LogP contribution in [0.15, 0.2) is 72.9 Å². The molecule has 0 aliphatic carbocycles. The smallest absolute Gasteiger partial charge is 0.472 e. The Morgan fingerprint density at radius 3 is 1.43 bits per heavy atom. The molecular formula is C50H88NO9P. The third-order valence-corrected chi connectivity index (χ3v) is 10.9. The molecule has 0 bridgehead atoms. The lowest BCUT2D eigenvalue weighted by molar-refractivity contribution is -0.154. The highest BCUT2D eigenvalue weighted by Gasteiger charge is 2.27. The van der Waals surface area contributed by atoms with Gasteiger partial charge >= 0.3 is 19.8 Å². The van der Waals surface area contributed by atoms with Crippen LogP contribution in [0.25, 0.3) is 0 Å². The summed E-state index contributed by atoms with van der Waals surface area (Å²) < 4.78 is 33.4. The average Bonchev–Trinajstić information content (AvgIpc) is 3.24. The van der Waals surface area contributed by atoms with Crippen LogP contribution < -0.4 is 5.73 Å². The molecule has 0 rings (SSSR count). The number of hydrogen-bond donors (Lipinski definition) is 3. The summed E-state index contributed by atoms with van der Waals surface area (Å²) in [5.41, 5.74) is 5.37. The number of allylic oxidation sites excluding steroid dienone is 12. The molecule has 3 atom stereocenters. The predicted molar refractivity (Wildman–Crippen MR) is 254 cm³/mol. The molecule has 11 heteroatoms. The number of carbonyl (C=O) groups is 2. The zero-order valence-corrected chi connectivity index (χ0v) is 39.4. The minimum absolute atomic E-state index is 0.00630. The Hall–Kier alpha value is -2.59. The summed E-state index contributed by atoms with van der Waals surface area (Å²) in [5, 5.41) is 8.92. The number of rotatable bonds is 45. The van der Waals surface area contributed by atoms with Gasteiger partial charge in [0, 0.05) is 13.0 Å². The van der Waals surface area contributed by atoms with Crippen molar-refractivity contribution in [3.63, 3.8) is 0 Å². The molecule has 0 aromatic rings. The van der Waals surface area contributed by atoms with E-state index in [-0.39, 0.29) is 13.0 Å². The van der Waals surface area contributed by atoms with Gasteiger partial charge < -0.3 is 25.2 Å². The second-order valence-corrected chi connectivity index (χ2v) is 17.3. The number of carboxylic acid groups (broad SMARTS) is 1. The highest BCUT2D eigenvalue weighted by atomic mass is 31.2. The molecule has 0 spiro atoms. The van der Waals surface area contributed by atoms with Crippen LogP contribution in [0.2, 0.25) is 0 Å². The normalized spacial score (nSPS) is 14.4. The van der Waals surface area contributed by atoms with Gasteiger partial charge in [-0.1, -0.05) is 177 Å². The standard InChI is InChI=1S/C50H88NO9P/c1-3-5-7-9-11-13-15-17-19-21-23-24-25-26-28-30-32-34-36-38-40-42-49(52)60-47(45-58-61(55,56)59-46-48(51)50(53)54)44-57-43-41-39-37-35-33-31-29-27-22-20-18-16-14-12-10-8-6-4-2/h5,7,11-14,17-20,23-24,47-48H,3-4,6,8-10,15-16,21-22,25-46,51H2,1-2H3,(H,53,54)(H,55,56)/b7-5-,13-11-,14-12-,19-17-,20-18-,24-23-. The Morgan fingerprint density at radius 2 is 0.951 bits per heavy atom. The Labute approximate surface area is 372 Å². The van der Waals surface area contributed by atoms with Crippen molar-refractivity contribution in [1.29, 1.82) is 0 Å². The number of carboxylic acids is 1. The summed E-state index contributed by atoms with van der Waals surface area (Å²) in [4.78, 5) is 33.6. The SMILES string of the molecule is CC/C=C\C/C=C\C/C=C\C/C=C\CCCCCCCCCCC(=O)OC(COCCCCCCCCCC/C=C\C/C=C\CCCCC)COP(=O)(O)OCC(N)C(=O)O. The van der Waals surface area contributed by atoms with E-state index < -0.39 is 45.1 Å². The zero-order chi connectivity index (χ0) is 44.8. The van der Waals surface area contributed by atoms with E-state index in [9.17, 15) is 19.0 Å². The second kappa shape index (κ2) is 45.4. The van der Waals surface area contributed by atoms with Crippen molar-refractivity contribution in [3.05, 3.63) is 72.9 Å². The van der Waals surface area contributed by atoms with Crippen LogP contribution in [0, 0.1) is 0 Å². The molecule has 0 aromatic carbocycles. The largest absolute Gasteiger partial charge is 0.480 e. The van der Waals surface area contributed by atoms with Gasteiger partial charge in [0.15, 0.2) is 0 Å². The number of hydrogen-bond acceptors (Lipinski definition) is 8. The van der Waals surface area contributed by atoms with Gasteiger partial charge in [-0.05, 0) is 83.5 Å². The minimum atomic E-state index is -4.63. The van der Waals surface area contributed by atoms with Crippen molar-refractivity contribution in [2.24, 2.45) is 5.73 Å². The van der Waals surface area contributed by atoms with Gasteiger partial charge in [0.05, 0.1) is 19.8 Å². The molecular weight excluding hydrogens is 790 g/mol. The summed E-state index contributed by atoms with van der Waals surface area (Å²) in [6.07, 6.45) is 56.6. The highest BCUT2D eigenvalue weighted by molar-refractivity contribution is 7.47. The predicted octanol–water partition coefficient (Wildman–Crippen LogP) is 13.8. The number of esters is 1. The van der Waals surface area contributed by atoms with Crippen molar-refractivity contribution in [2.75, 3.05) is 26.4 Å². The number of nitrogens with two attached hydrogens (primary N) is 1. The van der Waals surface area contributed by atoms with Gasteiger partial charge in [-0.25, -0.2) is 4.57 Å². The molecule has 0 amide bonds. The Bertz CT molecular complexity index is 1250. The first kappa shape index (κ1) is 58.4. The van der Waals surface area contributed by atoms with E-state index in [0.717, 1.165) is 83.5 Å². The van der Waals surface area contributed by atoms with E-state index in [1.165, 1.54) is 83.5 Å². The third-order valence-electron chi connectivity index (χ3n) is 9.97. The van der Waals surface area contributed by atoms with Crippen molar-refractivity contribution in [3.8, 4) is 0 Å². The van der Waals surface area contributed by atoms with Crippen LogP contribution >= 0.6 is 7.82 Å². The zero-order valence-electron chi connectivity index (χ0n) is 38.5. The molecule has 0 aliphatic heterocycles. The highest BCUT2D eigenvalue weighted by Crippen LogP contribution is 2.43. The quantitative estimate of drug-likeness (QED) is 0.0233. The van der Waals surface area contributed by atoms with Crippen LogP contribution in [-0.4, -0.2) is 60.5 Å². The monoisotopic (exact) mass is 878 g/mol. The first-order valence-corrected chi connectivity index (χ1v) is 25.5. The first-order chi connectivity index (χ1) is 29.7. The molecule has 10 nitrogen and oxygen atoms in total. The summed E-state index contributed by atoms with van der Waals surface area (Å²) in [5.74, 6) is -1.79. The molecule has 61 heavy (non-hydrogen) atoms. The van der Waals surface area contributed by atoms with Gasteiger partial charge in [-0.2, -0.15) is 0 Å². The third kappa shape index (κ3) is 45.3. The Morgan fingerprint density at radius 1 is 0.541 bits per heavy atom. The van der Waals surface area contributed by atoms with Crippen molar-refractivity contribution in [2.45, 2.75) is 206 Å². The lowest BCUT2D eigenvalue weighted by Gasteiger charge is -2.20. The number of aliphatic carboxylic acids is 1. The van der Waals surface area contributed by atoms with Crippen LogP contribution in [0.1, 0.15) is 194 Å². The van der Waals surface area contributed by atoms with Crippen LogP contribution in [0.5, 0.6) is 0 Å².